The largest absolute Gasteiger partial charge is 0.368 e. The highest BCUT2D eigenvalue weighted by molar-refractivity contribution is 5.82. The van der Waals surface area contributed by atoms with Crippen LogP contribution in [0.15, 0.2) is 4.79 Å². The monoisotopic (exact) mass is 400 g/mol. The van der Waals surface area contributed by atoms with Gasteiger partial charge in [-0.2, -0.15) is 0 Å². The second kappa shape index (κ2) is 7.55. The van der Waals surface area contributed by atoms with Gasteiger partial charge in [0.2, 0.25) is 5.91 Å². The Hall–Kier alpha value is -2.22. The summed E-state index contributed by atoms with van der Waals surface area (Å²) in [6.07, 6.45) is 6.61. The van der Waals surface area contributed by atoms with Crippen molar-refractivity contribution < 1.29 is 14.3 Å². The van der Waals surface area contributed by atoms with Crippen LogP contribution in [-0.4, -0.2) is 57.4 Å². The number of nitrogens with zero attached hydrogens (tertiary/aromatic N) is 3. The summed E-state index contributed by atoms with van der Waals surface area (Å²) in [6, 6.07) is -0.204. The van der Waals surface area contributed by atoms with Gasteiger partial charge in [0.25, 0.3) is 11.5 Å². The number of rotatable bonds is 3. The average Bonchev–Trinajstić information content (AvgIpc) is 3.46. The van der Waals surface area contributed by atoms with Gasteiger partial charge >= 0.3 is 0 Å². The molecule has 0 aromatic carbocycles. The molecule has 1 aliphatic carbocycles. The molecule has 1 N–H and O–H groups in total. The summed E-state index contributed by atoms with van der Waals surface area (Å²) in [7, 11) is 0. The predicted molar refractivity (Wildman–Crippen MR) is 104 cm³/mol. The molecule has 1 aromatic heterocycles. The van der Waals surface area contributed by atoms with Crippen LogP contribution < -0.4 is 5.56 Å². The fraction of sp³-hybridized carbons (Fsp3) is 0.714. The zero-order valence-corrected chi connectivity index (χ0v) is 16.7. The number of carbonyl (C=O) groups excluding carboxylic acids is 2. The molecule has 3 fully saturated rings. The first kappa shape index (κ1) is 18.8. The minimum absolute atomic E-state index is 0.0220. The maximum absolute atomic E-state index is 13.0. The number of aromatic amines is 1. The Bertz CT molecular complexity index is 872. The number of piperidine rings is 1. The smallest absolute Gasteiger partial charge is 0.256 e. The molecule has 0 unspecified atom stereocenters. The van der Waals surface area contributed by atoms with Crippen molar-refractivity contribution in [2.24, 2.45) is 5.92 Å². The van der Waals surface area contributed by atoms with Crippen molar-refractivity contribution in [2.45, 2.75) is 70.1 Å². The molecular formula is C21H28N4O4. The maximum atomic E-state index is 13.0. The standard InChI is InChI=1S/C21H28N4O4/c26-19-14-12-24(20(27)13-6-7-13)10-8-15(14)22-18(23-19)16-4-1-2-9-25(16)21(28)17-5-3-11-29-17/h13,16-17H,1-12H2,(H,22,23,26)/t16-,17-/m1/s1. The van der Waals surface area contributed by atoms with E-state index in [1.54, 1.807) is 4.90 Å². The highest BCUT2D eigenvalue weighted by atomic mass is 16.5. The van der Waals surface area contributed by atoms with Gasteiger partial charge in [-0.25, -0.2) is 4.98 Å². The molecule has 3 aliphatic heterocycles. The number of aromatic nitrogens is 2. The van der Waals surface area contributed by atoms with Crippen LogP contribution in [0.4, 0.5) is 0 Å². The van der Waals surface area contributed by atoms with Crippen molar-refractivity contribution in [3.63, 3.8) is 0 Å². The third kappa shape index (κ3) is 3.58. The van der Waals surface area contributed by atoms with Crippen molar-refractivity contribution in [3.8, 4) is 0 Å². The van der Waals surface area contributed by atoms with Gasteiger partial charge in [-0.1, -0.05) is 0 Å². The zero-order chi connectivity index (χ0) is 20.0. The number of H-pyrrole nitrogens is 1. The Labute approximate surface area is 169 Å². The first-order valence-electron chi connectivity index (χ1n) is 10.9. The molecule has 0 bridgehead atoms. The second-order valence-electron chi connectivity index (χ2n) is 8.71. The van der Waals surface area contributed by atoms with Gasteiger partial charge in [0, 0.05) is 32.0 Å². The summed E-state index contributed by atoms with van der Waals surface area (Å²) in [6.45, 7) is 2.27. The van der Waals surface area contributed by atoms with Gasteiger partial charge in [0.15, 0.2) is 0 Å². The van der Waals surface area contributed by atoms with Crippen LogP contribution in [0.5, 0.6) is 0 Å². The highest BCUT2D eigenvalue weighted by Crippen LogP contribution is 2.33. The Balaban J connectivity index is 1.39. The molecule has 2 saturated heterocycles. The number of hydrogen-bond acceptors (Lipinski definition) is 5. The highest BCUT2D eigenvalue weighted by Gasteiger charge is 2.38. The molecule has 5 rings (SSSR count). The van der Waals surface area contributed by atoms with Crippen molar-refractivity contribution in [2.75, 3.05) is 19.7 Å². The van der Waals surface area contributed by atoms with Crippen LogP contribution in [-0.2, 0) is 27.3 Å². The van der Waals surface area contributed by atoms with Crippen LogP contribution in [0.25, 0.3) is 0 Å². The fourth-order valence-electron chi connectivity index (χ4n) is 4.82. The molecule has 29 heavy (non-hydrogen) atoms. The Kier molecular flexibility index (Phi) is 4.89. The molecule has 4 heterocycles. The summed E-state index contributed by atoms with van der Waals surface area (Å²) >= 11 is 0. The first-order valence-corrected chi connectivity index (χ1v) is 10.9. The van der Waals surface area contributed by atoms with Crippen LogP contribution in [0.3, 0.4) is 0 Å². The van der Waals surface area contributed by atoms with Crippen LogP contribution in [0.2, 0.25) is 0 Å². The summed E-state index contributed by atoms with van der Waals surface area (Å²) in [5, 5.41) is 0. The number of fused-ring (bicyclic) bond motifs is 1. The van der Waals surface area contributed by atoms with Crippen molar-refractivity contribution in [3.05, 3.63) is 27.4 Å². The van der Waals surface area contributed by atoms with Gasteiger partial charge in [-0.15, -0.1) is 0 Å². The average molecular weight is 400 g/mol. The number of carbonyl (C=O) groups is 2. The van der Waals surface area contributed by atoms with E-state index in [4.69, 9.17) is 9.72 Å². The van der Waals surface area contributed by atoms with E-state index in [2.05, 4.69) is 4.98 Å². The summed E-state index contributed by atoms with van der Waals surface area (Å²) in [5.41, 5.74) is 1.20. The Morgan fingerprint density at radius 1 is 1.03 bits per heavy atom. The third-order valence-corrected chi connectivity index (χ3v) is 6.63. The van der Waals surface area contributed by atoms with E-state index in [1.807, 2.05) is 4.90 Å². The molecule has 8 nitrogen and oxygen atoms in total. The SMILES string of the molecule is O=C(C1CC1)N1CCc2nc([C@H]3CCCCN3C(=O)[C@H]3CCCO3)[nH]c(=O)c2C1. The van der Waals surface area contributed by atoms with E-state index < -0.39 is 0 Å². The lowest BCUT2D eigenvalue weighted by Gasteiger charge is -2.37. The van der Waals surface area contributed by atoms with Crippen molar-refractivity contribution in [1.29, 1.82) is 0 Å². The summed E-state index contributed by atoms with van der Waals surface area (Å²) in [4.78, 5) is 49.6. The molecule has 4 aliphatic rings. The quantitative estimate of drug-likeness (QED) is 0.825. The summed E-state index contributed by atoms with van der Waals surface area (Å²) in [5.74, 6) is 0.928. The van der Waals surface area contributed by atoms with E-state index in [0.29, 0.717) is 44.0 Å². The van der Waals surface area contributed by atoms with Crippen LogP contribution in [0, 0.1) is 5.92 Å². The molecule has 0 radical (unpaired) electrons. The second-order valence-corrected chi connectivity index (χ2v) is 8.71. The van der Waals surface area contributed by atoms with Crippen LogP contribution in [0.1, 0.15) is 68.1 Å². The van der Waals surface area contributed by atoms with Gasteiger partial charge in [-0.3, -0.25) is 14.4 Å². The normalized spacial score (nSPS) is 27.0. The topological polar surface area (TPSA) is 95.6 Å². The number of ether oxygens (including phenoxy) is 1. The molecule has 0 spiro atoms. The lowest BCUT2D eigenvalue weighted by molar-refractivity contribution is -0.145. The Morgan fingerprint density at radius 2 is 1.90 bits per heavy atom. The minimum Gasteiger partial charge on any atom is -0.368 e. The van der Waals surface area contributed by atoms with E-state index in [-0.39, 0.29) is 35.4 Å². The predicted octanol–water partition coefficient (Wildman–Crippen LogP) is 1.30. The molecule has 8 heteroatoms. The van der Waals surface area contributed by atoms with Crippen LogP contribution >= 0.6 is 0 Å². The van der Waals surface area contributed by atoms with E-state index in [9.17, 15) is 14.4 Å². The lowest BCUT2D eigenvalue weighted by Crippen LogP contribution is -2.45. The number of hydrogen-bond donors (Lipinski definition) is 1. The van der Waals surface area contributed by atoms with Gasteiger partial charge in [0.1, 0.15) is 11.9 Å². The van der Waals surface area contributed by atoms with E-state index in [0.717, 1.165) is 50.6 Å². The van der Waals surface area contributed by atoms with Gasteiger partial charge < -0.3 is 19.5 Å². The molecule has 2 amide bonds. The third-order valence-electron chi connectivity index (χ3n) is 6.63. The minimum atomic E-state index is -0.359. The molecule has 2 atom stereocenters. The number of amides is 2. The molecule has 1 saturated carbocycles. The van der Waals surface area contributed by atoms with Crippen molar-refractivity contribution >= 4 is 11.8 Å². The number of likely N-dealkylation sites (tertiary alicyclic amines) is 1. The first-order chi connectivity index (χ1) is 14.1. The van der Waals surface area contributed by atoms with Crippen molar-refractivity contribution in [1.82, 2.24) is 19.8 Å². The molecule has 1 aromatic rings. The number of nitrogens with one attached hydrogen (secondary N) is 1. The van der Waals surface area contributed by atoms with E-state index >= 15 is 0 Å². The van der Waals surface area contributed by atoms with E-state index in [1.165, 1.54) is 0 Å². The maximum Gasteiger partial charge on any atom is 0.256 e. The molecule has 156 valence electrons. The molecular weight excluding hydrogens is 372 g/mol. The zero-order valence-electron chi connectivity index (χ0n) is 16.7. The Morgan fingerprint density at radius 3 is 2.66 bits per heavy atom. The lowest BCUT2D eigenvalue weighted by atomic mass is 9.99. The fourth-order valence-corrected chi connectivity index (χ4v) is 4.82. The van der Waals surface area contributed by atoms with Gasteiger partial charge in [-0.05, 0) is 44.9 Å². The van der Waals surface area contributed by atoms with Gasteiger partial charge in [0.05, 0.1) is 23.8 Å². The summed E-state index contributed by atoms with van der Waals surface area (Å²) < 4.78 is 5.60.